The van der Waals surface area contributed by atoms with E-state index >= 15 is 0 Å². The third-order valence-electron chi connectivity index (χ3n) is 13.6. The van der Waals surface area contributed by atoms with Gasteiger partial charge in [-0.25, -0.2) is 14.4 Å². The molecular formula is C47H56ClFN10O4. The van der Waals surface area contributed by atoms with Crippen molar-refractivity contribution in [1.82, 2.24) is 35.6 Å². The van der Waals surface area contributed by atoms with Crippen LogP contribution in [-0.2, 0) is 16.1 Å². The molecule has 3 aromatic rings. The molecule has 6 aliphatic rings. The van der Waals surface area contributed by atoms with Crippen LogP contribution < -0.4 is 26.2 Å². The van der Waals surface area contributed by atoms with Gasteiger partial charge in [0.05, 0.1) is 18.0 Å². The average molecular weight is 879 g/mol. The second-order valence-electron chi connectivity index (χ2n) is 18.0. The summed E-state index contributed by atoms with van der Waals surface area (Å²) >= 11 is 6.15. The van der Waals surface area contributed by atoms with E-state index in [4.69, 9.17) is 16.6 Å². The molecule has 1 saturated carbocycles. The molecule has 6 heterocycles. The molecule has 2 aromatic carbocycles. The number of rotatable bonds is 10. The summed E-state index contributed by atoms with van der Waals surface area (Å²) in [6.07, 6.45) is 11.8. The number of guanidine groups is 1. The number of halogens is 2. The van der Waals surface area contributed by atoms with Crippen LogP contribution in [0.2, 0.25) is 5.02 Å². The number of benzene rings is 2. The van der Waals surface area contributed by atoms with Crippen LogP contribution in [0.4, 0.5) is 15.8 Å². The van der Waals surface area contributed by atoms with Crippen molar-refractivity contribution in [2.24, 2.45) is 10.9 Å². The van der Waals surface area contributed by atoms with Gasteiger partial charge in [-0.1, -0.05) is 35.9 Å². The number of aliphatic imine (C=N–C) groups is 1. The second-order valence-corrected chi connectivity index (χ2v) is 18.4. The minimum atomic E-state index is -0.730. The average Bonchev–Trinajstić information content (AvgIpc) is 3.58. The Morgan fingerprint density at radius 1 is 0.937 bits per heavy atom. The quantitative estimate of drug-likeness (QED) is 0.173. The van der Waals surface area contributed by atoms with Crippen LogP contribution in [0.3, 0.4) is 0 Å². The number of amides is 3. The van der Waals surface area contributed by atoms with Crippen molar-refractivity contribution in [3.8, 4) is 0 Å². The number of piperazine rings is 1. The summed E-state index contributed by atoms with van der Waals surface area (Å²) in [5, 5.41) is 22.1. The van der Waals surface area contributed by atoms with E-state index in [9.17, 15) is 23.9 Å². The molecule has 0 radical (unpaired) electrons. The Morgan fingerprint density at radius 2 is 1.70 bits per heavy atom. The molecule has 4 fully saturated rings. The van der Waals surface area contributed by atoms with Gasteiger partial charge in [0.15, 0.2) is 5.66 Å². The number of imide groups is 1. The first-order chi connectivity index (χ1) is 30.4. The van der Waals surface area contributed by atoms with Crippen LogP contribution in [0, 0.1) is 11.7 Å². The van der Waals surface area contributed by atoms with Crippen LogP contribution in [0.15, 0.2) is 83.8 Å². The predicted octanol–water partition coefficient (Wildman–Crippen LogP) is 5.07. The highest BCUT2D eigenvalue weighted by Gasteiger charge is 2.47. The maximum absolute atomic E-state index is 14.2. The largest absolute Gasteiger partial charge is 0.393 e. The highest BCUT2D eigenvalue weighted by atomic mass is 35.5. The number of hydrogen-bond acceptors (Lipinski definition) is 12. The zero-order valence-electron chi connectivity index (χ0n) is 35.7. The molecule has 16 heteroatoms. The standard InChI is InChI=1S/C47H56ClFN10O4/c1-47-40(26-51-46(55-47)52-35-23-33(48)22-34(49)24-35)39(29-59(47)36-6-9-38(60)10-7-36)32-4-2-30(3-5-32)27-56-16-14-31(15-17-56)28-57-18-20-58(21-19-57)37-8-11-41(50-25-37)44(62)53-42-12-13-43(61)54-45(42)63/h2-5,8,11,22-26,29,31,36,38,42,60H,6-7,9-10,12-21,27-28H2,1H3,(H,53,62)(H2,51,52,55)(H,54,61,63). The number of nitrogens with zero attached hydrogens (tertiary/aromatic N) is 6. The highest BCUT2D eigenvalue weighted by Crippen LogP contribution is 2.47. The Morgan fingerprint density at radius 3 is 2.40 bits per heavy atom. The van der Waals surface area contributed by atoms with Crippen molar-refractivity contribution < 1.29 is 23.9 Å². The topological polar surface area (TPSA) is 158 Å². The molecule has 1 aliphatic carbocycles. The molecule has 9 rings (SSSR count). The van der Waals surface area contributed by atoms with Crippen molar-refractivity contribution in [3.05, 3.63) is 106 Å². The zero-order valence-corrected chi connectivity index (χ0v) is 36.4. The van der Waals surface area contributed by atoms with Crippen molar-refractivity contribution in [2.45, 2.75) is 88.7 Å². The summed E-state index contributed by atoms with van der Waals surface area (Å²) in [6.45, 7) is 10.0. The van der Waals surface area contributed by atoms with Gasteiger partial charge >= 0.3 is 0 Å². The third-order valence-corrected chi connectivity index (χ3v) is 13.8. The van der Waals surface area contributed by atoms with E-state index in [2.05, 4.69) is 83.2 Å². The molecule has 63 heavy (non-hydrogen) atoms. The second kappa shape index (κ2) is 18.4. The molecule has 5 N–H and O–H groups in total. The lowest BCUT2D eigenvalue weighted by molar-refractivity contribution is -0.134. The SMILES string of the molecule is CC12N=C(Nc3cc(F)cc(Cl)c3)NC=C1C(c1ccc(CN3CCC(CN4CCN(c5ccc(C(=O)NC6CCC(=O)NC6=O)nc5)CC4)CC3)cc1)=CN2C1CCC(O)CC1. The van der Waals surface area contributed by atoms with Gasteiger partial charge < -0.3 is 30.9 Å². The van der Waals surface area contributed by atoms with E-state index in [1.807, 2.05) is 12.3 Å². The summed E-state index contributed by atoms with van der Waals surface area (Å²) < 4.78 is 14.2. The molecule has 0 spiro atoms. The predicted molar refractivity (Wildman–Crippen MR) is 241 cm³/mol. The Bertz CT molecular complexity index is 2260. The Hall–Kier alpha value is -5.35. The van der Waals surface area contributed by atoms with Crippen LogP contribution in [-0.4, -0.2) is 118 Å². The van der Waals surface area contributed by atoms with Gasteiger partial charge in [0, 0.05) is 86.0 Å². The van der Waals surface area contributed by atoms with Crippen LogP contribution >= 0.6 is 11.6 Å². The molecule has 3 saturated heterocycles. The number of nitrogens with one attached hydrogen (secondary N) is 4. The lowest BCUT2D eigenvalue weighted by atomic mass is 9.89. The molecule has 5 aliphatic heterocycles. The van der Waals surface area contributed by atoms with Gasteiger partial charge in [-0.15, -0.1) is 0 Å². The number of likely N-dealkylation sites (tertiary alicyclic amines) is 1. The summed E-state index contributed by atoms with van der Waals surface area (Å²) in [5.74, 6) is -0.467. The first kappa shape index (κ1) is 42.9. The maximum atomic E-state index is 14.2. The minimum absolute atomic E-state index is 0.203. The fourth-order valence-corrected chi connectivity index (χ4v) is 10.2. The van der Waals surface area contributed by atoms with Crippen LogP contribution in [0.1, 0.15) is 79.9 Å². The summed E-state index contributed by atoms with van der Waals surface area (Å²) in [5.41, 5.74) is 5.63. The number of fused-ring (bicyclic) bond motifs is 1. The number of carbonyl (C=O) groups is 3. The number of carbonyl (C=O) groups excluding carboxylic acids is 3. The van der Waals surface area contributed by atoms with Gasteiger partial charge in [-0.05, 0) is 112 Å². The monoisotopic (exact) mass is 878 g/mol. The lowest BCUT2D eigenvalue weighted by Crippen LogP contribution is -2.52. The number of anilines is 2. The maximum Gasteiger partial charge on any atom is 0.270 e. The van der Waals surface area contributed by atoms with Crippen LogP contribution in [0.5, 0.6) is 0 Å². The summed E-state index contributed by atoms with van der Waals surface area (Å²) in [6, 6.07) is 16.4. The highest BCUT2D eigenvalue weighted by molar-refractivity contribution is 6.31. The van der Waals surface area contributed by atoms with Crippen LogP contribution in [0.25, 0.3) is 5.57 Å². The van der Waals surface area contributed by atoms with E-state index in [1.54, 1.807) is 18.3 Å². The smallest absolute Gasteiger partial charge is 0.270 e. The van der Waals surface area contributed by atoms with Gasteiger partial charge in [-0.3, -0.25) is 29.5 Å². The normalized spacial score (nSPS) is 26.0. The van der Waals surface area contributed by atoms with E-state index in [1.165, 1.54) is 30.5 Å². The summed E-state index contributed by atoms with van der Waals surface area (Å²) in [7, 11) is 0. The van der Waals surface area contributed by atoms with Crippen molar-refractivity contribution in [2.75, 3.05) is 56.0 Å². The van der Waals surface area contributed by atoms with Gasteiger partial charge in [0.2, 0.25) is 17.8 Å². The van der Waals surface area contributed by atoms with Gasteiger partial charge in [-0.2, -0.15) is 0 Å². The number of aliphatic hydroxyl groups excluding tert-OH is 1. The molecule has 1 aromatic heterocycles. The number of hydrogen-bond donors (Lipinski definition) is 5. The Balaban J connectivity index is 0.753. The molecular weight excluding hydrogens is 823 g/mol. The number of pyridine rings is 1. The first-order valence-electron chi connectivity index (χ1n) is 22.3. The van der Waals surface area contributed by atoms with E-state index in [-0.39, 0.29) is 36.6 Å². The molecule has 2 atom stereocenters. The lowest BCUT2D eigenvalue weighted by Gasteiger charge is -2.43. The molecule has 0 bridgehead atoms. The van der Waals surface area contributed by atoms with Gasteiger partial charge in [0.25, 0.3) is 5.91 Å². The molecule has 2 unspecified atom stereocenters. The third kappa shape index (κ3) is 9.76. The zero-order chi connectivity index (χ0) is 43.7. The van der Waals surface area contributed by atoms with Crippen molar-refractivity contribution in [1.29, 1.82) is 0 Å². The van der Waals surface area contributed by atoms with E-state index < -0.39 is 29.3 Å². The van der Waals surface area contributed by atoms with Crippen molar-refractivity contribution in [3.63, 3.8) is 0 Å². The van der Waals surface area contributed by atoms with Crippen molar-refractivity contribution >= 4 is 52.2 Å². The molecule has 332 valence electrons. The molecule has 14 nitrogen and oxygen atoms in total. The number of aromatic nitrogens is 1. The number of piperidine rings is 2. The minimum Gasteiger partial charge on any atom is -0.393 e. The number of aliphatic hydroxyl groups is 1. The van der Waals surface area contributed by atoms with E-state index in [0.29, 0.717) is 22.6 Å². The van der Waals surface area contributed by atoms with Gasteiger partial charge in [0.1, 0.15) is 17.6 Å². The fourth-order valence-electron chi connectivity index (χ4n) is 10.0. The summed E-state index contributed by atoms with van der Waals surface area (Å²) in [4.78, 5) is 55.5. The fraction of sp³-hybridized carbons (Fsp3) is 0.468. The van der Waals surface area contributed by atoms with E-state index in [0.717, 1.165) is 100 Å². The first-order valence-corrected chi connectivity index (χ1v) is 22.7. The Kier molecular flexibility index (Phi) is 12.5. The Labute approximate surface area is 372 Å². The molecule has 3 amide bonds.